The summed E-state index contributed by atoms with van der Waals surface area (Å²) in [5.74, 6) is -0.584. The number of halogens is 1. The number of hydrogen-bond acceptors (Lipinski definition) is 4. The van der Waals surface area contributed by atoms with Crippen LogP contribution in [0.1, 0.15) is 23.2 Å². The fourth-order valence-corrected chi connectivity index (χ4v) is 2.23. The molecule has 0 fully saturated rings. The van der Waals surface area contributed by atoms with Crippen LogP contribution in [0.3, 0.4) is 0 Å². The van der Waals surface area contributed by atoms with Crippen molar-refractivity contribution in [3.63, 3.8) is 0 Å². The summed E-state index contributed by atoms with van der Waals surface area (Å²) in [6, 6.07) is 5.00. The molecule has 0 saturated carbocycles. The zero-order chi connectivity index (χ0) is 15.0. The van der Waals surface area contributed by atoms with Crippen LogP contribution in [0.2, 0.25) is 5.02 Å². The summed E-state index contributed by atoms with van der Waals surface area (Å²) in [7, 11) is 0. The number of nitrogens with zero attached hydrogens (tertiary/aromatic N) is 1. The van der Waals surface area contributed by atoms with Gasteiger partial charge in [-0.2, -0.15) is 0 Å². The van der Waals surface area contributed by atoms with Crippen molar-refractivity contribution in [1.82, 2.24) is 15.0 Å². The number of esters is 1. The highest BCUT2D eigenvalue weighted by molar-refractivity contribution is 6.31. The fourth-order valence-electron chi connectivity index (χ4n) is 2.06. The Kier molecular flexibility index (Phi) is 3.23. The predicted molar refractivity (Wildman–Crippen MR) is 76.6 cm³/mol. The molecule has 7 heteroatoms. The molecule has 0 unspecified atom stereocenters. The standard InChI is InChI=1S/C14H10ClN3O3/c1-7(19)21-13-9-3-2-8(15)6-10(9)18-11(13)12(20)14-16-4-5-17-14/h2-6,18H,1H3,(H,16,17). The number of ether oxygens (including phenoxy) is 1. The van der Waals surface area contributed by atoms with Crippen LogP contribution in [0.4, 0.5) is 0 Å². The van der Waals surface area contributed by atoms with E-state index in [-0.39, 0.29) is 17.3 Å². The second-order valence-electron chi connectivity index (χ2n) is 4.38. The van der Waals surface area contributed by atoms with E-state index in [0.29, 0.717) is 15.9 Å². The molecule has 3 aromatic rings. The van der Waals surface area contributed by atoms with E-state index in [2.05, 4.69) is 15.0 Å². The Morgan fingerprint density at radius 2 is 2.14 bits per heavy atom. The Hall–Kier alpha value is -2.60. The minimum Gasteiger partial charge on any atom is -0.424 e. The van der Waals surface area contributed by atoms with Crippen LogP contribution in [-0.2, 0) is 4.79 Å². The minimum atomic E-state index is -0.514. The number of carbonyl (C=O) groups is 2. The molecule has 0 saturated heterocycles. The Bertz CT molecular complexity index is 837. The summed E-state index contributed by atoms with van der Waals surface area (Å²) in [6.45, 7) is 1.27. The zero-order valence-electron chi connectivity index (χ0n) is 10.9. The van der Waals surface area contributed by atoms with Gasteiger partial charge in [-0.25, -0.2) is 4.98 Å². The number of nitrogens with one attached hydrogen (secondary N) is 2. The van der Waals surface area contributed by atoms with E-state index in [1.807, 2.05) is 0 Å². The van der Waals surface area contributed by atoms with E-state index in [9.17, 15) is 9.59 Å². The molecule has 0 amide bonds. The van der Waals surface area contributed by atoms with Crippen molar-refractivity contribution in [3.05, 3.63) is 47.1 Å². The van der Waals surface area contributed by atoms with Gasteiger partial charge in [-0.15, -0.1) is 0 Å². The van der Waals surface area contributed by atoms with Crippen molar-refractivity contribution in [1.29, 1.82) is 0 Å². The maximum Gasteiger partial charge on any atom is 0.308 e. The largest absolute Gasteiger partial charge is 0.424 e. The molecule has 0 aliphatic rings. The third-order valence-electron chi connectivity index (χ3n) is 2.90. The number of ketones is 1. The summed E-state index contributed by atoms with van der Waals surface area (Å²) >= 11 is 5.93. The molecule has 2 aromatic heterocycles. The molecule has 0 bridgehead atoms. The van der Waals surface area contributed by atoms with E-state index >= 15 is 0 Å². The molecule has 21 heavy (non-hydrogen) atoms. The van der Waals surface area contributed by atoms with Gasteiger partial charge in [0.25, 0.3) is 0 Å². The summed E-state index contributed by atoms with van der Waals surface area (Å²) in [5.41, 5.74) is 0.756. The fraction of sp³-hybridized carbons (Fsp3) is 0.0714. The molecule has 3 rings (SSSR count). The van der Waals surface area contributed by atoms with Gasteiger partial charge in [-0.1, -0.05) is 11.6 Å². The smallest absolute Gasteiger partial charge is 0.308 e. The average Bonchev–Trinajstić information content (AvgIpc) is 3.05. The second kappa shape index (κ2) is 5.06. The molecule has 6 nitrogen and oxygen atoms in total. The second-order valence-corrected chi connectivity index (χ2v) is 4.82. The quantitative estimate of drug-likeness (QED) is 0.575. The monoisotopic (exact) mass is 303 g/mol. The molecule has 2 heterocycles. The van der Waals surface area contributed by atoms with Gasteiger partial charge < -0.3 is 14.7 Å². The first-order valence-electron chi connectivity index (χ1n) is 6.10. The van der Waals surface area contributed by atoms with Gasteiger partial charge >= 0.3 is 5.97 Å². The highest BCUT2D eigenvalue weighted by Crippen LogP contribution is 2.33. The third kappa shape index (κ3) is 2.41. The molecule has 0 aliphatic carbocycles. The topological polar surface area (TPSA) is 87.8 Å². The highest BCUT2D eigenvalue weighted by atomic mass is 35.5. The number of aromatic amines is 2. The zero-order valence-corrected chi connectivity index (χ0v) is 11.7. The summed E-state index contributed by atoms with van der Waals surface area (Å²) in [5, 5.41) is 1.11. The Morgan fingerprint density at radius 3 is 2.81 bits per heavy atom. The van der Waals surface area contributed by atoms with Crippen molar-refractivity contribution < 1.29 is 14.3 Å². The van der Waals surface area contributed by atoms with Crippen molar-refractivity contribution in [3.8, 4) is 5.75 Å². The van der Waals surface area contributed by atoms with Crippen LogP contribution in [-0.4, -0.2) is 26.7 Å². The van der Waals surface area contributed by atoms with Crippen molar-refractivity contribution in [2.24, 2.45) is 0 Å². The van der Waals surface area contributed by atoms with E-state index in [0.717, 1.165) is 0 Å². The average molecular weight is 304 g/mol. The van der Waals surface area contributed by atoms with E-state index in [1.54, 1.807) is 18.2 Å². The SMILES string of the molecule is CC(=O)Oc1c(C(=O)c2ncc[nH]2)[nH]c2cc(Cl)ccc12. The molecule has 0 atom stereocenters. The summed E-state index contributed by atoms with van der Waals surface area (Å²) in [4.78, 5) is 33.3. The summed E-state index contributed by atoms with van der Waals surface area (Å²) < 4.78 is 5.18. The number of imidazole rings is 1. The first-order chi connectivity index (χ1) is 10.1. The van der Waals surface area contributed by atoms with E-state index in [1.165, 1.54) is 19.3 Å². The third-order valence-corrected chi connectivity index (χ3v) is 3.13. The van der Waals surface area contributed by atoms with Crippen LogP contribution < -0.4 is 4.74 Å². The molecule has 106 valence electrons. The number of benzene rings is 1. The molecule has 0 radical (unpaired) electrons. The lowest BCUT2D eigenvalue weighted by Crippen LogP contribution is -2.09. The summed E-state index contributed by atoms with van der Waals surface area (Å²) in [6.07, 6.45) is 3.01. The number of carbonyl (C=O) groups excluding carboxylic acids is 2. The molecular formula is C14H10ClN3O3. The van der Waals surface area contributed by atoms with Crippen molar-refractivity contribution >= 4 is 34.3 Å². The van der Waals surface area contributed by atoms with Crippen molar-refractivity contribution in [2.45, 2.75) is 6.92 Å². The number of hydrogen-bond donors (Lipinski definition) is 2. The van der Waals surface area contributed by atoms with Gasteiger partial charge in [-0.3, -0.25) is 9.59 Å². The van der Waals surface area contributed by atoms with Crippen LogP contribution in [0.15, 0.2) is 30.6 Å². The molecule has 0 spiro atoms. The van der Waals surface area contributed by atoms with Gasteiger partial charge in [0, 0.05) is 29.7 Å². The van der Waals surface area contributed by atoms with Gasteiger partial charge in [0.05, 0.1) is 5.52 Å². The number of aromatic nitrogens is 3. The van der Waals surface area contributed by atoms with Gasteiger partial charge in [0.1, 0.15) is 5.69 Å². The number of fused-ring (bicyclic) bond motifs is 1. The van der Waals surface area contributed by atoms with Gasteiger partial charge in [-0.05, 0) is 18.2 Å². The van der Waals surface area contributed by atoms with Gasteiger partial charge in [0.2, 0.25) is 5.78 Å². The molecule has 1 aromatic carbocycles. The lowest BCUT2D eigenvalue weighted by Gasteiger charge is -2.02. The normalized spacial score (nSPS) is 10.8. The number of rotatable bonds is 3. The van der Waals surface area contributed by atoms with Crippen LogP contribution in [0, 0.1) is 0 Å². The van der Waals surface area contributed by atoms with Crippen molar-refractivity contribution in [2.75, 3.05) is 0 Å². The maximum absolute atomic E-state index is 12.4. The van der Waals surface area contributed by atoms with Crippen LogP contribution in [0.5, 0.6) is 5.75 Å². The lowest BCUT2D eigenvalue weighted by molar-refractivity contribution is -0.131. The molecule has 2 N–H and O–H groups in total. The van der Waals surface area contributed by atoms with Crippen LogP contribution >= 0.6 is 11.6 Å². The first kappa shape index (κ1) is 13.4. The molecule has 0 aliphatic heterocycles. The highest BCUT2D eigenvalue weighted by Gasteiger charge is 2.23. The lowest BCUT2D eigenvalue weighted by atomic mass is 10.2. The van der Waals surface area contributed by atoms with Crippen LogP contribution in [0.25, 0.3) is 10.9 Å². The van der Waals surface area contributed by atoms with E-state index in [4.69, 9.17) is 16.3 Å². The number of H-pyrrole nitrogens is 2. The Balaban J connectivity index is 2.20. The maximum atomic E-state index is 12.4. The molecular weight excluding hydrogens is 294 g/mol. The predicted octanol–water partition coefficient (Wildman–Crippen LogP) is 2.70. The van der Waals surface area contributed by atoms with E-state index < -0.39 is 11.8 Å². The minimum absolute atomic E-state index is 0.150. The Labute approximate surface area is 124 Å². The Morgan fingerprint density at radius 1 is 1.33 bits per heavy atom. The van der Waals surface area contributed by atoms with Gasteiger partial charge in [0.15, 0.2) is 11.6 Å². The first-order valence-corrected chi connectivity index (χ1v) is 6.48.